The highest BCUT2D eigenvalue weighted by Gasteiger charge is 2.38. The first kappa shape index (κ1) is 14.8. The van der Waals surface area contributed by atoms with Crippen LogP contribution in [-0.4, -0.2) is 68.7 Å². The molecule has 2 atom stereocenters. The van der Waals surface area contributed by atoms with Gasteiger partial charge in [0.05, 0.1) is 5.75 Å². The minimum absolute atomic E-state index is 0.217. The molecule has 0 amide bonds. The van der Waals surface area contributed by atoms with Crippen molar-refractivity contribution in [2.75, 3.05) is 45.0 Å². The van der Waals surface area contributed by atoms with Crippen LogP contribution in [0.1, 0.15) is 32.6 Å². The third-order valence-corrected chi connectivity index (χ3v) is 7.09. The maximum atomic E-state index is 12.1. The van der Waals surface area contributed by atoms with E-state index in [9.17, 15) is 8.42 Å². The summed E-state index contributed by atoms with van der Waals surface area (Å²) in [6, 6.07) is 0.217. The number of likely N-dealkylation sites (tertiary alicyclic amines) is 1. The fourth-order valence-corrected chi connectivity index (χ4v) is 5.78. The SMILES string of the molecule is CC1(CN2CCCC(N3CCCS3(=O)=O)C2)CCNC1. The van der Waals surface area contributed by atoms with Gasteiger partial charge in [-0.25, -0.2) is 8.42 Å². The molecule has 0 saturated carbocycles. The Labute approximate surface area is 122 Å². The second-order valence-corrected chi connectivity index (χ2v) is 9.09. The summed E-state index contributed by atoms with van der Waals surface area (Å²) in [5.74, 6) is 0.352. The van der Waals surface area contributed by atoms with Gasteiger partial charge in [0.1, 0.15) is 0 Å². The predicted molar refractivity (Wildman–Crippen MR) is 80.2 cm³/mol. The van der Waals surface area contributed by atoms with Crippen LogP contribution in [0.5, 0.6) is 0 Å². The van der Waals surface area contributed by atoms with E-state index in [0.29, 0.717) is 11.2 Å². The largest absolute Gasteiger partial charge is 0.316 e. The molecule has 0 aromatic heterocycles. The highest BCUT2D eigenvalue weighted by atomic mass is 32.2. The summed E-state index contributed by atoms with van der Waals surface area (Å²) in [7, 11) is -2.96. The van der Waals surface area contributed by atoms with Crippen molar-refractivity contribution in [3.63, 3.8) is 0 Å². The van der Waals surface area contributed by atoms with Gasteiger partial charge in [0.25, 0.3) is 0 Å². The van der Waals surface area contributed by atoms with Crippen LogP contribution < -0.4 is 5.32 Å². The van der Waals surface area contributed by atoms with Gasteiger partial charge in [0.15, 0.2) is 0 Å². The Kier molecular flexibility index (Phi) is 4.10. The lowest BCUT2D eigenvalue weighted by atomic mass is 9.88. The van der Waals surface area contributed by atoms with Crippen molar-refractivity contribution in [3.8, 4) is 0 Å². The standard InChI is InChI=1S/C14H27N3O2S/c1-14(5-6-15-11-14)12-16-7-2-4-13(10-16)17-8-3-9-20(17,18)19/h13,15H,2-12H2,1H3. The lowest BCUT2D eigenvalue weighted by Crippen LogP contribution is -2.51. The van der Waals surface area contributed by atoms with Gasteiger partial charge in [-0.2, -0.15) is 4.31 Å². The van der Waals surface area contributed by atoms with Crippen molar-refractivity contribution in [1.29, 1.82) is 0 Å². The molecule has 116 valence electrons. The number of piperidine rings is 1. The van der Waals surface area contributed by atoms with Crippen molar-refractivity contribution in [2.45, 2.75) is 38.6 Å². The number of nitrogens with one attached hydrogen (secondary N) is 1. The molecular weight excluding hydrogens is 274 g/mol. The first-order valence-electron chi connectivity index (χ1n) is 7.91. The summed E-state index contributed by atoms with van der Waals surface area (Å²) in [5, 5.41) is 3.45. The molecule has 3 saturated heterocycles. The predicted octanol–water partition coefficient (Wildman–Crippen LogP) is 0.486. The fourth-order valence-electron chi connectivity index (χ4n) is 4.02. The van der Waals surface area contributed by atoms with Crippen molar-refractivity contribution >= 4 is 10.0 Å². The van der Waals surface area contributed by atoms with Crippen LogP contribution in [0.25, 0.3) is 0 Å². The molecule has 20 heavy (non-hydrogen) atoms. The van der Waals surface area contributed by atoms with E-state index >= 15 is 0 Å². The van der Waals surface area contributed by atoms with E-state index in [1.807, 2.05) is 0 Å². The maximum absolute atomic E-state index is 12.1. The van der Waals surface area contributed by atoms with E-state index in [2.05, 4.69) is 17.1 Å². The van der Waals surface area contributed by atoms with E-state index in [-0.39, 0.29) is 6.04 Å². The molecule has 0 radical (unpaired) electrons. The van der Waals surface area contributed by atoms with E-state index in [0.717, 1.165) is 58.5 Å². The van der Waals surface area contributed by atoms with Gasteiger partial charge >= 0.3 is 0 Å². The monoisotopic (exact) mass is 301 g/mol. The highest BCUT2D eigenvalue weighted by Crippen LogP contribution is 2.29. The molecule has 0 aromatic carbocycles. The Bertz CT molecular complexity index is 445. The van der Waals surface area contributed by atoms with Gasteiger partial charge in [-0.1, -0.05) is 6.92 Å². The Hall–Kier alpha value is -0.170. The first-order valence-corrected chi connectivity index (χ1v) is 9.52. The number of nitrogens with zero attached hydrogens (tertiary/aromatic N) is 2. The number of hydrogen-bond donors (Lipinski definition) is 1. The minimum atomic E-state index is -2.96. The van der Waals surface area contributed by atoms with E-state index in [1.54, 1.807) is 4.31 Å². The summed E-state index contributed by atoms with van der Waals surface area (Å²) in [4.78, 5) is 2.50. The molecule has 3 aliphatic heterocycles. The smallest absolute Gasteiger partial charge is 0.214 e. The van der Waals surface area contributed by atoms with Crippen molar-refractivity contribution < 1.29 is 8.42 Å². The maximum Gasteiger partial charge on any atom is 0.214 e. The summed E-state index contributed by atoms with van der Waals surface area (Å²) in [6.07, 6.45) is 4.20. The Morgan fingerprint density at radius 1 is 1.30 bits per heavy atom. The van der Waals surface area contributed by atoms with E-state index in [1.165, 1.54) is 6.42 Å². The molecule has 2 unspecified atom stereocenters. The second kappa shape index (κ2) is 5.55. The highest BCUT2D eigenvalue weighted by molar-refractivity contribution is 7.89. The van der Waals surface area contributed by atoms with Gasteiger partial charge in [-0.05, 0) is 44.2 Å². The van der Waals surface area contributed by atoms with Gasteiger partial charge in [0, 0.05) is 32.2 Å². The normalized spacial score (nSPS) is 39.4. The van der Waals surface area contributed by atoms with Gasteiger partial charge < -0.3 is 10.2 Å². The lowest BCUT2D eigenvalue weighted by Gasteiger charge is -2.40. The number of hydrogen-bond acceptors (Lipinski definition) is 4. The minimum Gasteiger partial charge on any atom is -0.316 e. The zero-order chi connectivity index (χ0) is 14.2. The third-order valence-electron chi connectivity index (χ3n) is 5.09. The molecule has 1 N–H and O–H groups in total. The summed E-state index contributed by atoms with van der Waals surface area (Å²) < 4.78 is 25.9. The van der Waals surface area contributed by atoms with Crippen LogP contribution in [0.15, 0.2) is 0 Å². The van der Waals surface area contributed by atoms with Crippen LogP contribution in [-0.2, 0) is 10.0 Å². The van der Waals surface area contributed by atoms with Crippen molar-refractivity contribution in [1.82, 2.24) is 14.5 Å². The summed E-state index contributed by atoms with van der Waals surface area (Å²) in [6.45, 7) is 8.45. The van der Waals surface area contributed by atoms with Crippen LogP contribution in [0.2, 0.25) is 0 Å². The molecule has 6 heteroatoms. The zero-order valence-electron chi connectivity index (χ0n) is 12.5. The molecule has 0 bridgehead atoms. The van der Waals surface area contributed by atoms with Crippen molar-refractivity contribution in [2.24, 2.45) is 5.41 Å². The number of rotatable bonds is 3. The molecule has 0 spiro atoms. The molecule has 3 rings (SSSR count). The second-order valence-electron chi connectivity index (χ2n) is 7.05. The van der Waals surface area contributed by atoms with E-state index < -0.39 is 10.0 Å². The van der Waals surface area contributed by atoms with Gasteiger partial charge in [0.2, 0.25) is 10.0 Å². The van der Waals surface area contributed by atoms with E-state index in [4.69, 9.17) is 0 Å². The van der Waals surface area contributed by atoms with Crippen molar-refractivity contribution in [3.05, 3.63) is 0 Å². The average molecular weight is 301 g/mol. The van der Waals surface area contributed by atoms with Crippen LogP contribution in [0, 0.1) is 5.41 Å². The van der Waals surface area contributed by atoms with Gasteiger partial charge in [-0.15, -0.1) is 0 Å². The zero-order valence-corrected chi connectivity index (χ0v) is 13.3. The van der Waals surface area contributed by atoms with Crippen LogP contribution >= 0.6 is 0 Å². The molecule has 0 aliphatic carbocycles. The first-order chi connectivity index (χ1) is 9.49. The Morgan fingerprint density at radius 3 is 2.80 bits per heavy atom. The Morgan fingerprint density at radius 2 is 2.15 bits per heavy atom. The fraction of sp³-hybridized carbons (Fsp3) is 1.00. The molecule has 3 aliphatic rings. The molecule has 3 heterocycles. The molecule has 3 fully saturated rings. The van der Waals surface area contributed by atoms with Gasteiger partial charge in [-0.3, -0.25) is 0 Å². The third kappa shape index (κ3) is 3.03. The quantitative estimate of drug-likeness (QED) is 0.824. The molecule has 0 aromatic rings. The Balaban J connectivity index is 1.62. The topological polar surface area (TPSA) is 52.7 Å². The molecular formula is C14H27N3O2S. The van der Waals surface area contributed by atoms with Crippen LogP contribution in [0.4, 0.5) is 0 Å². The summed E-state index contributed by atoms with van der Waals surface area (Å²) in [5.41, 5.74) is 0.367. The molecule has 5 nitrogen and oxygen atoms in total. The number of sulfonamides is 1. The summed E-state index contributed by atoms with van der Waals surface area (Å²) >= 11 is 0. The average Bonchev–Trinajstić information content (AvgIpc) is 2.95. The lowest BCUT2D eigenvalue weighted by molar-refractivity contribution is 0.110. The van der Waals surface area contributed by atoms with Crippen LogP contribution in [0.3, 0.4) is 0 Å².